The van der Waals surface area contributed by atoms with Gasteiger partial charge < -0.3 is 5.11 Å². The lowest BCUT2D eigenvalue weighted by atomic mass is 9.78. The minimum atomic E-state index is 0.368. The second kappa shape index (κ2) is 5.98. The van der Waals surface area contributed by atoms with Gasteiger partial charge in [-0.1, -0.05) is 37.6 Å². The van der Waals surface area contributed by atoms with Crippen molar-refractivity contribution in [3.8, 4) is 0 Å². The summed E-state index contributed by atoms with van der Waals surface area (Å²) < 4.78 is 0. The van der Waals surface area contributed by atoms with Gasteiger partial charge in [-0.05, 0) is 31.1 Å². The molecule has 74 valence electrons. The van der Waals surface area contributed by atoms with E-state index < -0.39 is 0 Å². The van der Waals surface area contributed by atoms with Crippen molar-refractivity contribution in [3.63, 3.8) is 0 Å². The summed E-state index contributed by atoms with van der Waals surface area (Å²) in [6, 6.07) is 0. The first-order valence-corrected chi connectivity index (χ1v) is 5.27. The van der Waals surface area contributed by atoms with Crippen molar-refractivity contribution in [2.45, 2.75) is 32.1 Å². The van der Waals surface area contributed by atoms with Crippen LogP contribution in [0.3, 0.4) is 0 Å². The van der Waals surface area contributed by atoms with E-state index in [9.17, 15) is 5.11 Å². The Kier molecular flexibility index (Phi) is 4.84. The lowest BCUT2D eigenvalue weighted by Gasteiger charge is -2.29. The molecule has 1 heteroatoms. The number of aliphatic hydroxyl groups excluding tert-OH is 1. The highest BCUT2D eigenvalue weighted by Gasteiger charge is 2.22. The quantitative estimate of drug-likeness (QED) is 0.659. The van der Waals surface area contributed by atoms with Crippen LogP contribution in [0, 0.1) is 11.8 Å². The Morgan fingerprint density at radius 3 is 2.54 bits per heavy atom. The van der Waals surface area contributed by atoms with Gasteiger partial charge in [0.15, 0.2) is 0 Å². The molecule has 13 heavy (non-hydrogen) atoms. The fraction of sp³-hybridized carbons (Fsp3) is 0.667. The van der Waals surface area contributed by atoms with E-state index in [1.165, 1.54) is 25.7 Å². The summed E-state index contributed by atoms with van der Waals surface area (Å²) in [7, 11) is 0. The molecule has 0 aromatic rings. The third-order valence-corrected chi connectivity index (χ3v) is 3.01. The third kappa shape index (κ3) is 3.35. The van der Waals surface area contributed by atoms with Crippen LogP contribution in [0.1, 0.15) is 32.1 Å². The zero-order chi connectivity index (χ0) is 9.52. The number of aliphatic hydroxyl groups is 1. The van der Waals surface area contributed by atoms with Gasteiger partial charge >= 0.3 is 0 Å². The molecule has 0 bridgehead atoms. The van der Waals surface area contributed by atoms with Crippen LogP contribution in [0.25, 0.3) is 0 Å². The SMILES string of the molecule is C=C/C=C/CC1CCCCC1CO. The predicted molar refractivity (Wildman–Crippen MR) is 56.5 cm³/mol. The first-order chi connectivity index (χ1) is 6.38. The van der Waals surface area contributed by atoms with Gasteiger partial charge in [0.2, 0.25) is 0 Å². The van der Waals surface area contributed by atoms with Gasteiger partial charge in [-0.25, -0.2) is 0 Å². The molecule has 1 nitrogen and oxygen atoms in total. The van der Waals surface area contributed by atoms with Gasteiger partial charge in [0.05, 0.1) is 0 Å². The zero-order valence-corrected chi connectivity index (χ0v) is 8.28. The lowest BCUT2D eigenvalue weighted by molar-refractivity contribution is 0.136. The van der Waals surface area contributed by atoms with Crippen LogP contribution < -0.4 is 0 Å². The van der Waals surface area contributed by atoms with Crippen LogP contribution in [0.15, 0.2) is 24.8 Å². The average Bonchev–Trinajstić information content (AvgIpc) is 2.19. The van der Waals surface area contributed by atoms with E-state index in [-0.39, 0.29) is 0 Å². The summed E-state index contributed by atoms with van der Waals surface area (Å²) in [5.74, 6) is 1.25. The molecule has 0 saturated heterocycles. The van der Waals surface area contributed by atoms with Crippen molar-refractivity contribution in [2.24, 2.45) is 11.8 Å². The Morgan fingerprint density at radius 2 is 1.92 bits per heavy atom. The normalized spacial score (nSPS) is 29.3. The molecule has 0 aliphatic heterocycles. The van der Waals surface area contributed by atoms with E-state index in [1.807, 2.05) is 12.2 Å². The molecule has 0 aromatic carbocycles. The second-order valence-corrected chi connectivity index (χ2v) is 3.89. The van der Waals surface area contributed by atoms with Crippen molar-refractivity contribution < 1.29 is 5.11 Å². The standard InChI is InChI=1S/C12H20O/c1-2-3-4-7-11-8-5-6-9-12(11)10-13/h2-4,11-13H,1,5-10H2/b4-3+. The Balaban J connectivity index is 2.35. The van der Waals surface area contributed by atoms with Crippen LogP contribution in [-0.4, -0.2) is 11.7 Å². The maximum Gasteiger partial charge on any atom is 0.0462 e. The molecule has 1 aliphatic carbocycles. The minimum Gasteiger partial charge on any atom is -0.396 e. The number of allylic oxidation sites excluding steroid dienone is 3. The minimum absolute atomic E-state index is 0.368. The summed E-state index contributed by atoms with van der Waals surface area (Å²) in [4.78, 5) is 0. The average molecular weight is 180 g/mol. The molecule has 1 fully saturated rings. The molecular formula is C12H20O. The van der Waals surface area contributed by atoms with Gasteiger partial charge in [-0.2, -0.15) is 0 Å². The van der Waals surface area contributed by atoms with Crippen LogP contribution in [0.4, 0.5) is 0 Å². The smallest absolute Gasteiger partial charge is 0.0462 e. The molecule has 0 heterocycles. The Bertz CT molecular complexity index is 172. The predicted octanol–water partition coefficient (Wildman–Crippen LogP) is 2.92. The van der Waals surface area contributed by atoms with Crippen LogP contribution in [0.5, 0.6) is 0 Å². The molecule has 1 saturated carbocycles. The fourth-order valence-electron chi connectivity index (χ4n) is 2.18. The van der Waals surface area contributed by atoms with Crippen molar-refractivity contribution in [1.82, 2.24) is 0 Å². The summed E-state index contributed by atoms with van der Waals surface area (Å²) in [5, 5.41) is 9.17. The second-order valence-electron chi connectivity index (χ2n) is 3.89. The molecule has 1 rings (SSSR count). The summed E-state index contributed by atoms with van der Waals surface area (Å²) in [6.07, 6.45) is 12.2. The molecule has 1 aliphatic rings. The Hall–Kier alpha value is -0.560. The third-order valence-electron chi connectivity index (χ3n) is 3.01. The molecule has 2 unspecified atom stereocenters. The fourth-order valence-corrected chi connectivity index (χ4v) is 2.18. The topological polar surface area (TPSA) is 20.2 Å². The molecule has 2 atom stereocenters. The molecule has 0 aromatic heterocycles. The zero-order valence-electron chi connectivity index (χ0n) is 8.28. The Labute approximate surface area is 81.2 Å². The highest BCUT2D eigenvalue weighted by Crippen LogP contribution is 2.32. The van der Waals surface area contributed by atoms with Gasteiger partial charge in [-0.15, -0.1) is 0 Å². The molecule has 1 N–H and O–H groups in total. The highest BCUT2D eigenvalue weighted by molar-refractivity contribution is 4.98. The number of hydrogen-bond acceptors (Lipinski definition) is 1. The molecule has 0 spiro atoms. The van der Waals surface area contributed by atoms with Crippen LogP contribution >= 0.6 is 0 Å². The summed E-state index contributed by atoms with van der Waals surface area (Å²) in [6.45, 7) is 4.01. The van der Waals surface area contributed by atoms with E-state index in [1.54, 1.807) is 0 Å². The highest BCUT2D eigenvalue weighted by atomic mass is 16.3. The largest absolute Gasteiger partial charge is 0.396 e. The maximum atomic E-state index is 9.17. The number of hydrogen-bond donors (Lipinski definition) is 1. The number of rotatable bonds is 4. The van der Waals surface area contributed by atoms with Gasteiger partial charge in [0, 0.05) is 6.61 Å². The van der Waals surface area contributed by atoms with Gasteiger partial charge in [0.1, 0.15) is 0 Å². The van der Waals surface area contributed by atoms with Crippen LogP contribution in [-0.2, 0) is 0 Å². The Morgan fingerprint density at radius 1 is 1.23 bits per heavy atom. The van der Waals surface area contributed by atoms with E-state index >= 15 is 0 Å². The van der Waals surface area contributed by atoms with Crippen molar-refractivity contribution >= 4 is 0 Å². The van der Waals surface area contributed by atoms with E-state index in [0.717, 1.165) is 6.42 Å². The van der Waals surface area contributed by atoms with E-state index in [2.05, 4.69) is 12.7 Å². The monoisotopic (exact) mass is 180 g/mol. The molecule has 0 amide bonds. The van der Waals surface area contributed by atoms with Gasteiger partial charge in [-0.3, -0.25) is 0 Å². The van der Waals surface area contributed by atoms with Crippen molar-refractivity contribution in [2.75, 3.05) is 6.61 Å². The van der Waals surface area contributed by atoms with Crippen molar-refractivity contribution in [1.29, 1.82) is 0 Å². The molecule has 0 radical (unpaired) electrons. The maximum absolute atomic E-state index is 9.17. The van der Waals surface area contributed by atoms with Gasteiger partial charge in [0.25, 0.3) is 0 Å². The molecular weight excluding hydrogens is 160 g/mol. The van der Waals surface area contributed by atoms with Crippen molar-refractivity contribution in [3.05, 3.63) is 24.8 Å². The first kappa shape index (κ1) is 10.5. The van der Waals surface area contributed by atoms with E-state index in [0.29, 0.717) is 18.4 Å². The first-order valence-electron chi connectivity index (χ1n) is 5.27. The van der Waals surface area contributed by atoms with Crippen LogP contribution in [0.2, 0.25) is 0 Å². The summed E-state index contributed by atoms with van der Waals surface area (Å²) >= 11 is 0. The van der Waals surface area contributed by atoms with E-state index in [4.69, 9.17) is 0 Å². The lowest BCUT2D eigenvalue weighted by Crippen LogP contribution is -2.22. The summed E-state index contributed by atoms with van der Waals surface area (Å²) in [5.41, 5.74) is 0.